The second-order valence-corrected chi connectivity index (χ2v) is 5.57. The number of imidazole rings is 1. The van der Waals surface area contributed by atoms with Crippen molar-refractivity contribution in [2.45, 2.75) is 6.92 Å². The average molecular weight is 358 g/mol. The van der Waals surface area contributed by atoms with E-state index in [1.807, 2.05) is 0 Å². The van der Waals surface area contributed by atoms with Crippen LogP contribution in [0.5, 0.6) is 0 Å². The van der Waals surface area contributed by atoms with Crippen LogP contribution in [0.1, 0.15) is 21.7 Å². The molecule has 0 saturated heterocycles. The summed E-state index contributed by atoms with van der Waals surface area (Å²) in [6, 6.07) is 9.47. The van der Waals surface area contributed by atoms with E-state index in [9.17, 15) is 14.9 Å². The zero-order chi connectivity index (χ0) is 18.0. The minimum Gasteiger partial charge on any atom is -0.294 e. The van der Waals surface area contributed by atoms with Crippen molar-refractivity contribution in [2.75, 3.05) is 0 Å². The van der Waals surface area contributed by atoms with Crippen molar-refractivity contribution < 1.29 is 9.72 Å². The number of aryl methyl sites for hydroxylation is 1. The lowest BCUT2D eigenvalue weighted by Gasteiger charge is -2.02. The summed E-state index contributed by atoms with van der Waals surface area (Å²) in [5.74, 6) is -0.498. The molecule has 0 aliphatic rings. The van der Waals surface area contributed by atoms with Gasteiger partial charge < -0.3 is 0 Å². The number of rotatable bonds is 4. The SMILES string of the molecule is Cc1nc2ccc(Cl)cn2c1C(=O)N/N=C\c1ccccc1[N+](=O)[O-]. The molecule has 126 valence electrons. The molecule has 2 aromatic heterocycles. The molecular weight excluding hydrogens is 346 g/mol. The largest absolute Gasteiger partial charge is 0.294 e. The van der Waals surface area contributed by atoms with E-state index in [1.165, 1.54) is 18.3 Å². The average Bonchev–Trinajstić information content (AvgIpc) is 2.90. The van der Waals surface area contributed by atoms with E-state index in [4.69, 9.17) is 11.6 Å². The van der Waals surface area contributed by atoms with Crippen LogP contribution in [0.25, 0.3) is 5.65 Å². The zero-order valence-corrected chi connectivity index (χ0v) is 13.8. The van der Waals surface area contributed by atoms with Crippen LogP contribution in [0.3, 0.4) is 0 Å². The third-order valence-electron chi connectivity index (χ3n) is 3.47. The number of benzene rings is 1. The number of nitrogens with one attached hydrogen (secondary N) is 1. The lowest BCUT2D eigenvalue weighted by molar-refractivity contribution is -0.385. The molecule has 2 heterocycles. The summed E-state index contributed by atoms with van der Waals surface area (Å²) in [5.41, 5.74) is 3.92. The first kappa shape index (κ1) is 16.6. The second-order valence-electron chi connectivity index (χ2n) is 5.14. The van der Waals surface area contributed by atoms with E-state index in [-0.39, 0.29) is 16.9 Å². The first-order valence-electron chi connectivity index (χ1n) is 7.18. The molecule has 0 aliphatic carbocycles. The van der Waals surface area contributed by atoms with Gasteiger partial charge in [0.1, 0.15) is 11.3 Å². The minimum absolute atomic E-state index is 0.0988. The Labute approximate surface area is 146 Å². The van der Waals surface area contributed by atoms with Gasteiger partial charge in [-0.1, -0.05) is 23.7 Å². The number of nitro groups is 1. The molecular formula is C16H12ClN5O3. The fourth-order valence-electron chi connectivity index (χ4n) is 2.39. The summed E-state index contributed by atoms with van der Waals surface area (Å²) in [6.07, 6.45) is 2.80. The monoisotopic (exact) mass is 357 g/mol. The normalized spacial score (nSPS) is 11.1. The van der Waals surface area contributed by atoms with Gasteiger partial charge in [-0.2, -0.15) is 5.10 Å². The lowest BCUT2D eigenvalue weighted by Crippen LogP contribution is -2.20. The van der Waals surface area contributed by atoms with E-state index < -0.39 is 10.8 Å². The van der Waals surface area contributed by atoms with Gasteiger partial charge in [-0.15, -0.1) is 0 Å². The number of hydrazone groups is 1. The first-order valence-corrected chi connectivity index (χ1v) is 7.56. The van der Waals surface area contributed by atoms with E-state index >= 15 is 0 Å². The molecule has 0 aliphatic heterocycles. The Morgan fingerprint density at radius 3 is 2.88 bits per heavy atom. The molecule has 1 amide bonds. The van der Waals surface area contributed by atoms with E-state index in [0.717, 1.165) is 0 Å². The smallest absolute Gasteiger partial charge is 0.290 e. The standard InChI is InChI=1S/C16H12ClN5O3/c1-10-15(21-9-12(17)6-7-14(21)19-10)16(23)20-18-8-11-4-2-3-5-13(11)22(24)25/h2-9H,1H3,(H,20,23)/b18-8-. The van der Waals surface area contributed by atoms with Crippen LogP contribution in [0.4, 0.5) is 5.69 Å². The van der Waals surface area contributed by atoms with Crippen LogP contribution < -0.4 is 5.43 Å². The summed E-state index contributed by atoms with van der Waals surface area (Å²) >= 11 is 5.96. The number of halogens is 1. The number of carbonyl (C=O) groups excluding carboxylic acids is 1. The maximum absolute atomic E-state index is 12.4. The molecule has 1 aromatic carbocycles. The molecule has 0 unspecified atom stereocenters. The lowest BCUT2D eigenvalue weighted by atomic mass is 10.2. The first-order chi connectivity index (χ1) is 12.0. The van der Waals surface area contributed by atoms with Crippen LogP contribution in [0.15, 0.2) is 47.7 Å². The van der Waals surface area contributed by atoms with Crippen molar-refractivity contribution in [2.24, 2.45) is 5.10 Å². The number of nitrogens with zero attached hydrogens (tertiary/aromatic N) is 4. The van der Waals surface area contributed by atoms with Crippen LogP contribution in [0, 0.1) is 17.0 Å². The number of amides is 1. The molecule has 0 bridgehead atoms. The number of hydrogen-bond acceptors (Lipinski definition) is 5. The Bertz CT molecular complexity index is 1010. The molecule has 0 spiro atoms. The predicted octanol–water partition coefficient (Wildman–Crippen LogP) is 2.97. The molecule has 0 fully saturated rings. The fourth-order valence-corrected chi connectivity index (χ4v) is 2.55. The van der Waals surface area contributed by atoms with Gasteiger partial charge in [0.25, 0.3) is 11.6 Å². The Hall–Kier alpha value is -3.26. The maximum atomic E-state index is 12.4. The topological polar surface area (TPSA) is 102 Å². The number of carbonyl (C=O) groups is 1. The van der Waals surface area contributed by atoms with Crippen molar-refractivity contribution in [3.8, 4) is 0 Å². The third-order valence-corrected chi connectivity index (χ3v) is 3.70. The number of hydrogen-bond donors (Lipinski definition) is 1. The number of para-hydroxylation sites is 1. The highest BCUT2D eigenvalue weighted by Crippen LogP contribution is 2.17. The second kappa shape index (κ2) is 6.70. The minimum atomic E-state index is -0.514. The predicted molar refractivity (Wildman–Crippen MR) is 93.1 cm³/mol. The van der Waals surface area contributed by atoms with Crippen LogP contribution >= 0.6 is 11.6 Å². The van der Waals surface area contributed by atoms with E-state index in [0.29, 0.717) is 16.4 Å². The third kappa shape index (κ3) is 3.33. The van der Waals surface area contributed by atoms with Crippen molar-refractivity contribution in [1.82, 2.24) is 14.8 Å². The number of nitro benzene ring substituents is 1. The van der Waals surface area contributed by atoms with Crippen LogP contribution in [-0.4, -0.2) is 26.4 Å². The molecule has 3 aromatic rings. The highest BCUT2D eigenvalue weighted by molar-refractivity contribution is 6.30. The highest BCUT2D eigenvalue weighted by Gasteiger charge is 2.16. The van der Waals surface area contributed by atoms with Crippen molar-refractivity contribution in [1.29, 1.82) is 0 Å². The molecule has 0 radical (unpaired) electrons. The van der Waals surface area contributed by atoms with Crippen molar-refractivity contribution >= 4 is 35.1 Å². The van der Waals surface area contributed by atoms with Gasteiger partial charge in [0.2, 0.25) is 0 Å². The van der Waals surface area contributed by atoms with Crippen LogP contribution in [0.2, 0.25) is 5.02 Å². The van der Waals surface area contributed by atoms with Gasteiger partial charge in [0.05, 0.1) is 27.4 Å². The van der Waals surface area contributed by atoms with Gasteiger partial charge >= 0.3 is 0 Å². The number of pyridine rings is 1. The Morgan fingerprint density at radius 2 is 2.12 bits per heavy atom. The summed E-state index contributed by atoms with van der Waals surface area (Å²) in [4.78, 5) is 27.1. The number of aromatic nitrogens is 2. The Morgan fingerprint density at radius 1 is 1.36 bits per heavy atom. The van der Waals surface area contributed by atoms with Gasteiger partial charge in [0.15, 0.2) is 0 Å². The zero-order valence-electron chi connectivity index (χ0n) is 13.0. The van der Waals surface area contributed by atoms with E-state index in [2.05, 4.69) is 15.5 Å². The summed E-state index contributed by atoms with van der Waals surface area (Å²) in [7, 11) is 0. The fraction of sp³-hybridized carbons (Fsp3) is 0.0625. The molecule has 0 saturated carbocycles. The summed E-state index contributed by atoms with van der Waals surface area (Å²) in [6.45, 7) is 1.70. The van der Waals surface area contributed by atoms with Crippen molar-refractivity contribution in [3.05, 3.63) is 74.7 Å². The van der Waals surface area contributed by atoms with Gasteiger partial charge in [-0.25, -0.2) is 10.4 Å². The Balaban J connectivity index is 1.86. The maximum Gasteiger partial charge on any atom is 0.290 e. The van der Waals surface area contributed by atoms with Crippen molar-refractivity contribution in [3.63, 3.8) is 0 Å². The quantitative estimate of drug-likeness (QED) is 0.440. The van der Waals surface area contributed by atoms with Gasteiger partial charge in [0, 0.05) is 12.3 Å². The number of fused-ring (bicyclic) bond motifs is 1. The molecule has 3 rings (SSSR count). The molecule has 8 nitrogen and oxygen atoms in total. The highest BCUT2D eigenvalue weighted by atomic mass is 35.5. The van der Waals surface area contributed by atoms with E-state index in [1.54, 1.807) is 41.8 Å². The molecule has 9 heteroatoms. The Kier molecular flexibility index (Phi) is 4.44. The molecule has 25 heavy (non-hydrogen) atoms. The molecule has 1 N–H and O–H groups in total. The summed E-state index contributed by atoms with van der Waals surface area (Å²) in [5, 5.41) is 15.2. The van der Waals surface area contributed by atoms with Gasteiger partial charge in [-0.05, 0) is 25.1 Å². The summed E-state index contributed by atoms with van der Waals surface area (Å²) < 4.78 is 1.56. The van der Waals surface area contributed by atoms with Gasteiger partial charge in [-0.3, -0.25) is 19.3 Å². The van der Waals surface area contributed by atoms with Crippen LogP contribution in [-0.2, 0) is 0 Å². The molecule has 0 atom stereocenters.